The molecule has 2 heterocycles. The van der Waals surface area contributed by atoms with Crippen molar-refractivity contribution < 1.29 is 4.79 Å². The summed E-state index contributed by atoms with van der Waals surface area (Å²) in [4.78, 5) is 18.2. The van der Waals surface area contributed by atoms with Crippen LogP contribution in [0.15, 0.2) is 22.8 Å². The van der Waals surface area contributed by atoms with Gasteiger partial charge < -0.3 is 4.90 Å². The van der Waals surface area contributed by atoms with E-state index in [1.807, 2.05) is 11.0 Å². The quantitative estimate of drug-likeness (QED) is 0.859. The molecule has 1 aliphatic heterocycles. The fraction of sp³-hybridized carbons (Fsp3) is 0.538. The lowest BCUT2D eigenvalue weighted by Gasteiger charge is -2.15. The maximum atomic E-state index is 12.2. The first-order valence-corrected chi connectivity index (χ1v) is 6.91. The average molecular weight is 297 g/mol. The largest absolute Gasteiger partial charge is 0.337 e. The van der Waals surface area contributed by atoms with Crippen molar-refractivity contribution in [2.24, 2.45) is 5.92 Å². The molecule has 1 unspecified atom stereocenters. The number of hydrogen-bond acceptors (Lipinski definition) is 2. The van der Waals surface area contributed by atoms with Crippen LogP contribution in [0.1, 0.15) is 36.7 Å². The second-order valence-corrected chi connectivity index (χ2v) is 5.47. The molecule has 17 heavy (non-hydrogen) atoms. The third-order valence-electron chi connectivity index (χ3n) is 3.22. The zero-order valence-electron chi connectivity index (χ0n) is 10.0. The lowest BCUT2D eigenvalue weighted by Crippen LogP contribution is -2.29. The maximum Gasteiger partial charge on any atom is 0.272 e. The number of aromatic nitrogens is 1. The average Bonchev–Trinajstić information content (AvgIpc) is 2.78. The zero-order valence-corrected chi connectivity index (χ0v) is 11.6. The molecule has 1 aromatic heterocycles. The minimum Gasteiger partial charge on any atom is -0.337 e. The molecule has 0 aliphatic carbocycles. The van der Waals surface area contributed by atoms with E-state index in [9.17, 15) is 4.79 Å². The van der Waals surface area contributed by atoms with Crippen molar-refractivity contribution in [1.82, 2.24) is 9.88 Å². The van der Waals surface area contributed by atoms with E-state index < -0.39 is 0 Å². The minimum atomic E-state index is 0.0658. The third kappa shape index (κ3) is 3.06. The van der Waals surface area contributed by atoms with Crippen LogP contribution in [0.2, 0.25) is 0 Å². The van der Waals surface area contributed by atoms with Gasteiger partial charge in [-0.05, 0) is 46.8 Å². The van der Waals surface area contributed by atoms with Crippen molar-refractivity contribution in [3.05, 3.63) is 28.5 Å². The summed E-state index contributed by atoms with van der Waals surface area (Å²) in [5.74, 6) is 0.746. The number of carbonyl (C=O) groups is 1. The van der Waals surface area contributed by atoms with Crippen molar-refractivity contribution >= 4 is 21.8 Å². The maximum absolute atomic E-state index is 12.2. The first-order valence-electron chi connectivity index (χ1n) is 6.11. The number of rotatable bonds is 3. The van der Waals surface area contributed by atoms with Gasteiger partial charge in [0, 0.05) is 23.8 Å². The number of likely N-dealkylation sites (tertiary alicyclic amines) is 1. The van der Waals surface area contributed by atoms with Gasteiger partial charge in [-0.2, -0.15) is 0 Å². The standard InChI is InChI=1S/C13H17BrN2O/c1-2-3-10-6-7-16(9-10)13(17)12-5-4-11(14)8-15-12/h4-5,8,10H,2-3,6-7,9H2,1H3. The predicted molar refractivity (Wildman–Crippen MR) is 70.9 cm³/mol. The first kappa shape index (κ1) is 12.6. The van der Waals surface area contributed by atoms with Crippen LogP contribution in [0, 0.1) is 5.92 Å². The summed E-state index contributed by atoms with van der Waals surface area (Å²) in [5, 5.41) is 0. The van der Waals surface area contributed by atoms with Crippen LogP contribution in [0.3, 0.4) is 0 Å². The van der Waals surface area contributed by atoms with Gasteiger partial charge in [0.15, 0.2) is 0 Å². The molecule has 0 radical (unpaired) electrons. The van der Waals surface area contributed by atoms with Crippen molar-refractivity contribution in [3.63, 3.8) is 0 Å². The smallest absolute Gasteiger partial charge is 0.272 e. The number of halogens is 1. The summed E-state index contributed by atoms with van der Waals surface area (Å²) >= 11 is 3.32. The van der Waals surface area contributed by atoms with E-state index in [4.69, 9.17) is 0 Å². The fourth-order valence-electron chi connectivity index (χ4n) is 2.33. The van der Waals surface area contributed by atoms with Gasteiger partial charge in [-0.1, -0.05) is 13.3 Å². The zero-order chi connectivity index (χ0) is 12.3. The van der Waals surface area contributed by atoms with Gasteiger partial charge >= 0.3 is 0 Å². The Morgan fingerprint density at radius 2 is 2.41 bits per heavy atom. The molecule has 0 aromatic carbocycles. The topological polar surface area (TPSA) is 33.2 Å². The van der Waals surface area contributed by atoms with Crippen LogP contribution in [0.4, 0.5) is 0 Å². The van der Waals surface area contributed by atoms with Crippen LogP contribution >= 0.6 is 15.9 Å². The SMILES string of the molecule is CCCC1CCN(C(=O)c2ccc(Br)cn2)C1. The van der Waals surface area contributed by atoms with Gasteiger partial charge in [-0.3, -0.25) is 4.79 Å². The second-order valence-electron chi connectivity index (χ2n) is 4.56. The summed E-state index contributed by atoms with van der Waals surface area (Å²) in [5.41, 5.74) is 0.547. The molecule has 1 aliphatic rings. The van der Waals surface area contributed by atoms with Crippen molar-refractivity contribution in [2.45, 2.75) is 26.2 Å². The number of nitrogens with zero attached hydrogens (tertiary/aromatic N) is 2. The van der Waals surface area contributed by atoms with E-state index in [0.29, 0.717) is 11.6 Å². The summed E-state index contributed by atoms with van der Waals surface area (Å²) in [6.45, 7) is 3.96. The Balaban J connectivity index is 1.99. The molecule has 1 fully saturated rings. The molecule has 2 rings (SSSR count). The Morgan fingerprint density at radius 1 is 1.59 bits per heavy atom. The monoisotopic (exact) mass is 296 g/mol. The lowest BCUT2D eigenvalue weighted by atomic mass is 10.0. The normalized spacial score (nSPS) is 19.6. The predicted octanol–water partition coefficient (Wildman–Crippen LogP) is 3.11. The molecule has 1 atom stereocenters. The third-order valence-corrected chi connectivity index (χ3v) is 3.69. The molecule has 1 saturated heterocycles. The van der Waals surface area contributed by atoms with Gasteiger partial charge in [0.05, 0.1) is 0 Å². The Hall–Kier alpha value is -0.900. The highest BCUT2D eigenvalue weighted by Crippen LogP contribution is 2.22. The number of hydrogen-bond donors (Lipinski definition) is 0. The van der Waals surface area contributed by atoms with Gasteiger partial charge in [0.1, 0.15) is 5.69 Å². The lowest BCUT2D eigenvalue weighted by molar-refractivity contribution is 0.0780. The van der Waals surface area contributed by atoms with E-state index in [-0.39, 0.29) is 5.91 Å². The molecule has 0 spiro atoms. The summed E-state index contributed by atoms with van der Waals surface area (Å²) in [7, 11) is 0. The molecule has 0 saturated carbocycles. The van der Waals surface area contributed by atoms with Crippen LogP contribution in [0.25, 0.3) is 0 Å². The molecule has 92 valence electrons. The van der Waals surface area contributed by atoms with Crippen molar-refractivity contribution in [3.8, 4) is 0 Å². The fourth-order valence-corrected chi connectivity index (χ4v) is 2.56. The molecule has 3 nitrogen and oxygen atoms in total. The van der Waals surface area contributed by atoms with Crippen LogP contribution in [-0.4, -0.2) is 28.9 Å². The highest BCUT2D eigenvalue weighted by molar-refractivity contribution is 9.10. The number of carbonyl (C=O) groups excluding carboxylic acids is 1. The highest BCUT2D eigenvalue weighted by atomic mass is 79.9. The highest BCUT2D eigenvalue weighted by Gasteiger charge is 2.26. The van der Waals surface area contributed by atoms with Crippen molar-refractivity contribution in [2.75, 3.05) is 13.1 Å². The Bertz CT molecular complexity index is 391. The summed E-state index contributed by atoms with van der Waals surface area (Å²) < 4.78 is 0.902. The minimum absolute atomic E-state index is 0.0658. The van der Waals surface area contributed by atoms with Crippen LogP contribution < -0.4 is 0 Å². The van der Waals surface area contributed by atoms with E-state index in [0.717, 1.165) is 24.0 Å². The molecule has 1 aromatic rings. The van der Waals surface area contributed by atoms with E-state index in [1.54, 1.807) is 12.3 Å². The molecular weight excluding hydrogens is 280 g/mol. The Labute approximate surface area is 110 Å². The number of amides is 1. The van der Waals surface area contributed by atoms with Gasteiger partial charge in [-0.25, -0.2) is 4.98 Å². The molecule has 1 amide bonds. The van der Waals surface area contributed by atoms with Crippen LogP contribution in [-0.2, 0) is 0 Å². The van der Waals surface area contributed by atoms with Gasteiger partial charge in [0.2, 0.25) is 0 Å². The molecular formula is C13H17BrN2O. The van der Waals surface area contributed by atoms with E-state index >= 15 is 0 Å². The van der Waals surface area contributed by atoms with E-state index in [2.05, 4.69) is 27.8 Å². The second kappa shape index (κ2) is 5.63. The van der Waals surface area contributed by atoms with Gasteiger partial charge in [0.25, 0.3) is 5.91 Å². The van der Waals surface area contributed by atoms with E-state index in [1.165, 1.54) is 12.8 Å². The molecule has 0 bridgehead atoms. The van der Waals surface area contributed by atoms with Crippen molar-refractivity contribution in [1.29, 1.82) is 0 Å². The summed E-state index contributed by atoms with van der Waals surface area (Å²) in [6.07, 6.45) is 5.23. The van der Waals surface area contributed by atoms with Crippen LogP contribution in [0.5, 0.6) is 0 Å². The number of pyridine rings is 1. The Kier molecular flexibility index (Phi) is 4.15. The van der Waals surface area contributed by atoms with Gasteiger partial charge in [-0.15, -0.1) is 0 Å². The Morgan fingerprint density at radius 3 is 3.06 bits per heavy atom. The summed E-state index contributed by atoms with van der Waals surface area (Å²) in [6, 6.07) is 3.64. The first-order chi connectivity index (χ1) is 8.20. The molecule has 0 N–H and O–H groups in total. The molecule has 4 heteroatoms.